The molecule has 0 bridgehead atoms. The first-order valence-corrected chi connectivity index (χ1v) is 9.71. The molecule has 1 aliphatic rings. The SMILES string of the molecule is Cc1ccc(C(=O)Nc2ccc(CN3CCNCC3)c(C)c2)cc1I. The number of nitrogens with zero attached hydrogens (tertiary/aromatic N) is 1. The number of carbonyl (C=O) groups excluding carboxylic acids is 1. The number of nitrogens with one attached hydrogen (secondary N) is 2. The predicted molar refractivity (Wildman–Crippen MR) is 111 cm³/mol. The number of rotatable bonds is 4. The molecule has 1 aliphatic heterocycles. The molecule has 132 valence electrons. The van der Waals surface area contributed by atoms with E-state index in [9.17, 15) is 4.79 Å². The summed E-state index contributed by atoms with van der Waals surface area (Å²) < 4.78 is 1.10. The minimum absolute atomic E-state index is 0.0628. The lowest BCUT2D eigenvalue weighted by Gasteiger charge is -2.27. The molecule has 0 atom stereocenters. The zero-order chi connectivity index (χ0) is 17.8. The van der Waals surface area contributed by atoms with Gasteiger partial charge in [-0.3, -0.25) is 9.69 Å². The quantitative estimate of drug-likeness (QED) is 0.702. The fraction of sp³-hybridized carbons (Fsp3) is 0.350. The van der Waals surface area contributed by atoms with E-state index in [1.54, 1.807) is 0 Å². The van der Waals surface area contributed by atoms with Crippen LogP contribution in [0.1, 0.15) is 27.0 Å². The molecule has 1 fully saturated rings. The summed E-state index contributed by atoms with van der Waals surface area (Å²) >= 11 is 2.26. The first-order chi connectivity index (χ1) is 12.0. The van der Waals surface area contributed by atoms with E-state index in [1.165, 1.54) is 16.7 Å². The summed E-state index contributed by atoms with van der Waals surface area (Å²) in [5.74, 6) is -0.0628. The minimum atomic E-state index is -0.0628. The van der Waals surface area contributed by atoms with E-state index in [0.29, 0.717) is 5.56 Å². The van der Waals surface area contributed by atoms with Gasteiger partial charge in [-0.05, 0) is 77.4 Å². The number of amides is 1. The summed E-state index contributed by atoms with van der Waals surface area (Å²) in [5, 5.41) is 6.39. The Hall–Kier alpha value is -1.44. The van der Waals surface area contributed by atoms with Crippen LogP contribution in [0.4, 0.5) is 5.69 Å². The Bertz CT molecular complexity index is 770. The van der Waals surface area contributed by atoms with Crippen molar-refractivity contribution in [3.8, 4) is 0 Å². The largest absolute Gasteiger partial charge is 0.322 e. The maximum absolute atomic E-state index is 12.5. The highest BCUT2D eigenvalue weighted by Gasteiger charge is 2.12. The summed E-state index contributed by atoms with van der Waals surface area (Å²) in [6.45, 7) is 9.42. The third-order valence-corrected chi connectivity index (χ3v) is 5.80. The van der Waals surface area contributed by atoms with Gasteiger partial charge in [0.15, 0.2) is 0 Å². The number of benzene rings is 2. The van der Waals surface area contributed by atoms with Crippen LogP contribution in [0.15, 0.2) is 36.4 Å². The molecule has 1 saturated heterocycles. The van der Waals surface area contributed by atoms with Crippen LogP contribution < -0.4 is 10.6 Å². The Balaban J connectivity index is 1.67. The van der Waals surface area contributed by atoms with Crippen LogP contribution in [0.25, 0.3) is 0 Å². The van der Waals surface area contributed by atoms with Gasteiger partial charge < -0.3 is 10.6 Å². The molecule has 0 saturated carbocycles. The molecule has 0 spiro atoms. The van der Waals surface area contributed by atoms with Crippen molar-refractivity contribution in [1.29, 1.82) is 0 Å². The maximum Gasteiger partial charge on any atom is 0.255 e. The average molecular weight is 449 g/mol. The second kappa shape index (κ2) is 8.29. The zero-order valence-electron chi connectivity index (χ0n) is 14.7. The van der Waals surface area contributed by atoms with Gasteiger partial charge in [-0.15, -0.1) is 0 Å². The van der Waals surface area contributed by atoms with Crippen LogP contribution in [0.2, 0.25) is 0 Å². The topological polar surface area (TPSA) is 44.4 Å². The van der Waals surface area contributed by atoms with E-state index in [2.05, 4.69) is 57.2 Å². The molecule has 0 aliphatic carbocycles. The molecule has 2 aromatic rings. The molecule has 0 aromatic heterocycles. The van der Waals surface area contributed by atoms with Crippen LogP contribution in [0.5, 0.6) is 0 Å². The fourth-order valence-electron chi connectivity index (χ4n) is 3.00. The molecular formula is C20H24IN3O. The van der Waals surface area contributed by atoms with Crippen molar-refractivity contribution in [1.82, 2.24) is 10.2 Å². The molecular weight excluding hydrogens is 425 g/mol. The maximum atomic E-state index is 12.5. The number of hydrogen-bond donors (Lipinski definition) is 2. The van der Waals surface area contributed by atoms with Crippen molar-refractivity contribution < 1.29 is 4.79 Å². The summed E-state index contributed by atoms with van der Waals surface area (Å²) in [6.07, 6.45) is 0. The second-order valence-electron chi connectivity index (χ2n) is 6.59. The van der Waals surface area contributed by atoms with Crippen LogP contribution in [0.3, 0.4) is 0 Å². The van der Waals surface area contributed by atoms with Crippen molar-refractivity contribution in [3.63, 3.8) is 0 Å². The lowest BCUT2D eigenvalue weighted by atomic mass is 10.1. The highest BCUT2D eigenvalue weighted by molar-refractivity contribution is 14.1. The van der Waals surface area contributed by atoms with Crippen LogP contribution in [-0.2, 0) is 6.54 Å². The Morgan fingerprint density at radius 1 is 1.12 bits per heavy atom. The molecule has 0 radical (unpaired) electrons. The summed E-state index contributed by atoms with van der Waals surface area (Å²) in [4.78, 5) is 14.9. The van der Waals surface area contributed by atoms with Crippen molar-refractivity contribution >= 4 is 34.2 Å². The summed E-state index contributed by atoms with van der Waals surface area (Å²) in [6, 6.07) is 12.0. The highest BCUT2D eigenvalue weighted by atomic mass is 127. The predicted octanol–water partition coefficient (Wildman–Crippen LogP) is 3.57. The van der Waals surface area contributed by atoms with Gasteiger partial charge in [-0.2, -0.15) is 0 Å². The number of piperazine rings is 1. The molecule has 2 N–H and O–H groups in total. The van der Waals surface area contributed by atoms with Crippen molar-refractivity contribution in [3.05, 3.63) is 62.2 Å². The van der Waals surface area contributed by atoms with E-state index in [0.717, 1.165) is 42.0 Å². The van der Waals surface area contributed by atoms with Gasteiger partial charge >= 0.3 is 0 Å². The van der Waals surface area contributed by atoms with Crippen LogP contribution in [0, 0.1) is 17.4 Å². The molecule has 25 heavy (non-hydrogen) atoms. The molecule has 0 unspecified atom stereocenters. The smallest absolute Gasteiger partial charge is 0.255 e. The highest BCUT2D eigenvalue weighted by Crippen LogP contribution is 2.19. The number of carbonyl (C=O) groups is 1. The van der Waals surface area contributed by atoms with E-state index in [4.69, 9.17) is 0 Å². The van der Waals surface area contributed by atoms with Gasteiger partial charge in [0.05, 0.1) is 0 Å². The lowest BCUT2D eigenvalue weighted by molar-refractivity contribution is 0.102. The van der Waals surface area contributed by atoms with Gasteiger partial charge in [0.1, 0.15) is 0 Å². The van der Waals surface area contributed by atoms with Crippen molar-refractivity contribution in [2.75, 3.05) is 31.5 Å². The monoisotopic (exact) mass is 449 g/mol. The van der Waals surface area contributed by atoms with Gasteiger partial charge in [-0.1, -0.05) is 12.1 Å². The van der Waals surface area contributed by atoms with Crippen LogP contribution >= 0.6 is 22.6 Å². The molecule has 4 nitrogen and oxygen atoms in total. The number of aryl methyl sites for hydroxylation is 2. The van der Waals surface area contributed by atoms with Gasteiger partial charge in [-0.25, -0.2) is 0 Å². The molecule has 1 heterocycles. The Morgan fingerprint density at radius 2 is 1.88 bits per heavy atom. The van der Waals surface area contributed by atoms with Gasteiger partial charge in [0.25, 0.3) is 5.91 Å². The van der Waals surface area contributed by atoms with Gasteiger partial charge in [0, 0.05) is 47.5 Å². The molecule has 1 amide bonds. The second-order valence-corrected chi connectivity index (χ2v) is 7.75. The Kier molecular flexibility index (Phi) is 6.09. The minimum Gasteiger partial charge on any atom is -0.322 e. The average Bonchev–Trinajstić information content (AvgIpc) is 2.60. The molecule has 2 aromatic carbocycles. The zero-order valence-corrected chi connectivity index (χ0v) is 16.9. The van der Waals surface area contributed by atoms with Gasteiger partial charge in [0.2, 0.25) is 0 Å². The normalized spacial score (nSPS) is 15.2. The number of anilines is 1. The number of hydrogen-bond acceptors (Lipinski definition) is 3. The lowest BCUT2D eigenvalue weighted by Crippen LogP contribution is -2.42. The Labute approximate surface area is 163 Å². The summed E-state index contributed by atoms with van der Waals surface area (Å²) in [5.41, 5.74) is 5.27. The van der Waals surface area contributed by atoms with E-state index in [-0.39, 0.29) is 5.91 Å². The molecule has 3 rings (SSSR count). The fourth-order valence-corrected chi connectivity index (χ4v) is 3.51. The van der Waals surface area contributed by atoms with Crippen molar-refractivity contribution in [2.45, 2.75) is 20.4 Å². The molecule has 5 heteroatoms. The summed E-state index contributed by atoms with van der Waals surface area (Å²) in [7, 11) is 0. The standard InChI is InChI=1S/C20H24IN3O/c1-14-3-4-16(12-19(14)21)20(25)23-18-6-5-17(15(2)11-18)13-24-9-7-22-8-10-24/h3-6,11-12,22H,7-10,13H2,1-2H3,(H,23,25). The van der Waals surface area contributed by atoms with E-state index in [1.807, 2.05) is 31.2 Å². The Morgan fingerprint density at radius 3 is 2.56 bits per heavy atom. The third-order valence-electron chi connectivity index (χ3n) is 4.64. The van der Waals surface area contributed by atoms with Crippen LogP contribution in [-0.4, -0.2) is 37.0 Å². The van der Waals surface area contributed by atoms with E-state index < -0.39 is 0 Å². The number of halogens is 1. The third kappa shape index (κ3) is 4.80. The van der Waals surface area contributed by atoms with Crippen molar-refractivity contribution in [2.24, 2.45) is 0 Å². The first-order valence-electron chi connectivity index (χ1n) is 8.63. The van der Waals surface area contributed by atoms with E-state index >= 15 is 0 Å². The first kappa shape index (κ1) is 18.4.